The molecule has 1 aromatic heterocycles. The molecule has 0 aliphatic heterocycles. The molecular weight excluding hydrogens is 556 g/mol. The van der Waals surface area contributed by atoms with E-state index in [1.165, 1.54) is 0 Å². The third kappa shape index (κ3) is 4.28. The minimum absolute atomic E-state index is 0.122. The number of aromatic nitrogens is 2. The Balaban J connectivity index is 1.59. The third-order valence-corrected chi connectivity index (χ3v) is 8.51. The second-order valence-electron chi connectivity index (χ2n) is 10.6. The average molecular weight is 588 g/mol. The molecule has 6 rings (SSSR count). The predicted octanol–water partition coefficient (Wildman–Crippen LogP) is 8.53. The summed E-state index contributed by atoms with van der Waals surface area (Å²) in [5.74, 6) is -0.122. The Bertz CT molecular complexity index is 1650. The molecule has 1 unspecified atom stereocenters. The normalized spacial score (nSPS) is 13.4. The molecule has 0 aliphatic rings. The highest BCUT2D eigenvalue weighted by atomic mass is 79.9. The van der Waals surface area contributed by atoms with Crippen LogP contribution in [0.25, 0.3) is 10.8 Å². The van der Waals surface area contributed by atoms with Gasteiger partial charge in [0.25, 0.3) is 0 Å². The molecule has 0 radical (unpaired) electrons. The van der Waals surface area contributed by atoms with E-state index in [9.17, 15) is 5.11 Å². The van der Waals surface area contributed by atoms with Crippen LogP contribution in [0.15, 0.2) is 144 Å². The molecular formula is C36H31BrN2O. The van der Waals surface area contributed by atoms with Crippen LogP contribution in [0, 0.1) is 5.92 Å². The maximum Gasteiger partial charge on any atom is 0.135 e. The number of aliphatic hydroxyl groups is 1. The molecule has 5 aromatic carbocycles. The van der Waals surface area contributed by atoms with Crippen molar-refractivity contribution < 1.29 is 5.11 Å². The molecule has 1 heterocycles. The number of imidazole rings is 1. The van der Waals surface area contributed by atoms with Gasteiger partial charge in [0, 0.05) is 10.7 Å². The molecule has 0 saturated heterocycles. The Labute approximate surface area is 243 Å². The summed E-state index contributed by atoms with van der Waals surface area (Å²) in [6.07, 6.45) is 3.90. The topological polar surface area (TPSA) is 38.0 Å². The predicted molar refractivity (Wildman–Crippen MR) is 166 cm³/mol. The fraction of sp³-hybridized carbons (Fsp3) is 0.139. The molecule has 3 nitrogen and oxygen atoms in total. The minimum atomic E-state index is -1.29. The first-order chi connectivity index (χ1) is 19.4. The van der Waals surface area contributed by atoms with Crippen LogP contribution in [-0.4, -0.2) is 14.7 Å². The van der Waals surface area contributed by atoms with Gasteiger partial charge in [-0.2, -0.15) is 0 Å². The van der Waals surface area contributed by atoms with Crippen LogP contribution in [0.4, 0.5) is 0 Å². The zero-order valence-corrected chi connectivity index (χ0v) is 24.2. The van der Waals surface area contributed by atoms with E-state index >= 15 is 0 Å². The van der Waals surface area contributed by atoms with Crippen molar-refractivity contribution in [2.24, 2.45) is 5.92 Å². The van der Waals surface area contributed by atoms with Crippen molar-refractivity contribution in [3.8, 4) is 0 Å². The second kappa shape index (κ2) is 10.5. The zero-order chi connectivity index (χ0) is 27.7. The van der Waals surface area contributed by atoms with E-state index in [-0.39, 0.29) is 5.92 Å². The van der Waals surface area contributed by atoms with Gasteiger partial charge in [0.1, 0.15) is 11.1 Å². The van der Waals surface area contributed by atoms with Gasteiger partial charge in [0.05, 0.1) is 12.0 Å². The molecule has 1 atom stereocenters. The van der Waals surface area contributed by atoms with E-state index in [2.05, 4.69) is 118 Å². The maximum absolute atomic E-state index is 12.5. The summed E-state index contributed by atoms with van der Waals surface area (Å²) in [6, 6.07) is 43.9. The summed E-state index contributed by atoms with van der Waals surface area (Å²) in [5.41, 5.74) is 2.80. The summed E-state index contributed by atoms with van der Waals surface area (Å²) in [4.78, 5) is 4.93. The molecule has 0 aliphatic carbocycles. The summed E-state index contributed by atoms with van der Waals surface area (Å²) < 4.78 is 3.19. The Kier molecular flexibility index (Phi) is 6.91. The molecule has 0 spiro atoms. The molecule has 0 saturated carbocycles. The van der Waals surface area contributed by atoms with Gasteiger partial charge in [0.2, 0.25) is 0 Å². The largest absolute Gasteiger partial charge is 0.378 e. The number of fused-ring (bicyclic) bond motifs is 1. The SMILES string of the molecule is CC(C)C(O)(c1ccc2cc(Br)ccc2c1)c1cn(C(c2ccccc2)(c2ccccc2)c2ccccc2)cn1. The van der Waals surface area contributed by atoms with Gasteiger partial charge in [-0.1, -0.05) is 139 Å². The molecule has 0 amide bonds. The first-order valence-electron chi connectivity index (χ1n) is 13.6. The van der Waals surface area contributed by atoms with Crippen molar-refractivity contribution in [2.45, 2.75) is 25.0 Å². The van der Waals surface area contributed by atoms with Gasteiger partial charge in [-0.15, -0.1) is 0 Å². The maximum atomic E-state index is 12.5. The number of nitrogens with zero attached hydrogens (tertiary/aromatic N) is 2. The lowest BCUT2D eigenvalue weighted by atomic mass is 9.76. The quantitative estimate of drug-likeness (QED) is 0.190. The lowest BCUT2D eigenvalue weighted by Crippen LogP contribution is -2.37. The fourth-order valence-electron chi connectivity index (χ4n) is 5.92. The summed E-state index contributed by atoms with van der Waals surface area (Å²) in [6.45, 7) is 4.09. The van der Waals surface area contributed by atoms with E-state index in [4.69, 9.17) is 4.98 Å². The Morgan fingerprint density at radius 3 is 1.68 bits per heavy atom. The van der Waals surface area contributed by atoms with Crippen LogP contribution >= 0.6 is 15.9 Å². The number of rotatable bonds is 7. The second-order valence-corrected chi connectivity index (χ2v) is 11.5. The highest BCUT2D eigenvalue weighted by Crippen LogP contribution is 2.43. The fourth-order valence-corrected chi connectivity index (χ4v) is 6.30. The highest BCUT2D eigenvalue weighted by molar-refractivity contribution is 9.10. The van der Waals surface area contributed by atoms with E-state index in [1.807, 2.05) is 56.7 Å². The van der Waals surface area contributed by atoms with E-state index in [0.717, 1.165) is 37.5 Å². The number of halogens is 1. The summed E-state index contributed by atoms with van der Waals surface area (Å²) in [5, 5.41) is 14.6. The first kappa shape index (κ1) is 26.2. The standard InChI is InChI=1S/C36H31BrN2O/c1-26(2)36(40,32-20-18-28-23-33(37)21-19-27(28)22-32)34-24-39(25-38-34)35(29-12-6-3-7-13-29,30-14-8-4-9-15-30)31-16-10-5-11-17-31/h3-26,40H,1-2H3. The van der Waals surface area contributed by atoms with Crippen LogP contribution < -0.4 is 0 Å². The highest BCUT2D eigenvalue weighted by Gasteiger charge is 2.42. The lowest BCUT2D eigenvalue weighted by molar-refractivity contribution is 0.0279. The molecule has 6 aromatic rings. The summed E-state index contributed by atoms with van der Waals surface area (Å²) >= 11 is 3.57. The van der Waals surface area contributed by atoms with Crippen molar-refractivity contribution in [3.63, 3.8) is 0 Å². The molecule has 40 heavy (non-hydrogen) atoms. The third-order valence-electron chi connectivity index (χ3n) is 8.01. The van der Waals surface area contributed by atoms with Crippen molar-refractivity contribution in [1.82, 2.24) is 9.55 Å². The van der Waals surface area contributed by atoms with Gasteiger partial charge in [-0.05, 0) is 57.1 Å². The van der Waals surface area contributed by atoms with E-state index in [0.29, 0.717) is 5.69 Å². The van der Waals surface area contributed by atoms with Crippen molar-refractivity contribution in [3.05, 3.63) is 172 Å². The van der Waals surface area contributed by atoms with Crippen LogP contribution in [0.2, 0.25) is 0 Å². The zero-order valence-electron chi connectivity index (χ0n) is 22.6. The smallest absolute Gasteiger partial charge is 0.135 e. The number of benzene rings is 5. The minimum Gasteiger partial charge on any atom is -0.378 e. The monoisotopic (exact) mass is 586 g/mol. The van der Waals surface area contributed by atoms with Crippen LogP contribution in [0.3, 0.4) is 0 Å². The van der Waals surface area contributed by atoms with Crippen molar-refractivity contribution in [1.29, 1.82) is 0 Å². The number of hydrogen-bond acceptors (Lipinski definition) is 2. The van der Waals surface area contributed by atoms with Crippen molar-refractivity contribution in [2.75, 3.05) is 0 Å². The molecule has 0 fully saturated rings. The Hall–Kier alpha value is -3.99. The van der Waals surface area contributed by atoms with Gasteiger partial charge in [-0.25, -0.2) is 4.98 Å². The van der Waals surface area contributed by atoms with Crippen LogP contribution in [0.5, 0.6) is 0 Å². The Morgan fingerprint density at radius 1 is 0.650 bits per heavy atom. The van der Waals surface area contributed by atoms with Gasteiger partial charge in [-0.3, -0.25) is 0 Å². The van der Waals surface area contributed by atoms with Gasteiger partial charge >= 0.3 is 0 Å². The molecule has 1 N–H and O–H groups in total. The van der Waals surface area contributed by atoms with E-state index < -0.39 is 11.1 Å². The van der Waals surface area contributed by atoms with Crippen molar-refractivity contribution >= 4 is 26.7 Å². The molecule has 198 valence electrons. The van der Waals surface area contributed by atoms with Gasteiger partial charge < -0.3 is 9.67 Å². The first-order valence-corrected chi connectivity index (χ1v) is 14.4. The Morgan fingerprint density at radius 2 is 1.15 bits per heavy atom. The van der Waals surface area contributed by atoms with E-state index in [1.54, 1.807) is 0 Å². The van der Waals surface area contributed by atoms with Gasteiger partial charge in [0.15, 0.2) is 0 Å². The van der Waals surface area contributed by atoms with Crippen LogP contribution in [0.1, 0.15) is 41.8 Å². The molecule has 0 bridgehead atoms. The van der Waals surface area contributed by atoms with Crippen LogP contribution in [-0.2, 0) is 11.1 Å². The average Bonchev–Trinajstić information content (AvgIpc) is 3.49. The lowest BCUT2D eigenvalue weighted by Gasteiger charge is -2.37. The molecule has 4 heteroatoms. The number of hydrogen-bond donors (Lipinski definition) is 1. The summed E-state index contributed by atoms with van der Waals surface area (Å²) in [7, 11) is 0.